The summed E-state index contributed by atoms with van der Waals surface area (Å²) >= 11 is 1.99. The van der Waals surface area contributed by atoms with Crippen molar-refractivity contribution in [3.05, 3.63) is 17.0 Å². The quantitative estimate of drug-likeness (QED) is 0.813. The summed E-state index contributed by atoms with van der Waals surface area (Å²) in [5.74, 6) is 1.15. The highest BCUT2D eigenvalue weighted by Gasteiger charge is 2.09. The fourth-order valence-corrected chi connectivity index (χ4v) is 2.34. The molecular weight excluding hydrogens is 254 g/mol. The zero-order valence-electron chi connectivity index (χ0n) is 11.4. The third-order valence-electron chi connectivity index (χ3n) is 2.40. The van der Waals surface area contributed by atoms with Gasteiger partial charge in [0, 0.05) is 34.8 Å². The number of H-pyrrole nitrogens is 1. The molecule has 0 saturated heterocycles. The minimum atomic E-state index is 0. The van der Waals surface area contributed by atoms with Crippen LogP contribution >= 0.6 is 24.2 Å². The van der Waals surface area contributed by atoms with E-state index in [9.17, 15) is 0 Å². The third kappa shape index (κ3) is 6.34. The second-order valence-corrected chi connectivity index (χ2v) is 6.97. The van der Waals surface area contributed by atoms with Crippen LogP contribution in [0.25, 0.3) is 0 Å². The van der Waals surface area contributed by atoms with Crippen molar-refractivity contribution in [3.8, 4) is 0 Å². The molecule has 0 aromatic carbocycles. The molecule has 0 atom stereocenters. The van der Waals surface area contributed by atoms with E-state index >= 15 is 0 Å². The zero-order chi connectivity index (χ0) is 12.2. The smallest absolute Gasteiger partial charge is 0.0638 e. The van der Waals surface area contributed by atoms with Gasteiger partial charge in [0.1, 0.15) is 0 Å². The molecular formula is C12H24ClN3S. The summed E-state index contributed by atoms with van der Waals surface area (Å²) in [4.78, 5) is 0. The summed E-state index contributed by atoms with van der Waals surface area (Å²) in [6, 6.07) is 0. The van der Waals surface area contributed by atoms with Gasteiger partial charge in [0.05, 0.1) is 5.69 Å². The second kappa shape index (κ2) is 7.29. The molecule has 2 N–H and O–H groups in total. The van der Waals surface area contributed by atoms with Crippen LogP contribution in [0.2, 0.25) is 0 Å². The van der Waals surface area contributed by atoms with E-state index in [2.05, 4.69) is 43.2 Å². The number of aryl methyl sites for hydroxylation is 2. The normalized spacial score (nSPS) is 11.4. The Morgan fingerprint density at radius 3 is 2.41 bits per heavy atom. The van der Waals surface area contributed by atoms with Gasteiger partial charge in [0.15, 0.2) is 0 Å². The van der Waals surface area contributed by atoms with Crippen LogP contribution < -0.4 is 5.32 Å². The first-order valence-electron chi connectivity index (χ1n) is 5.75. The van der Waals surface area contributed by atoms with Crippen LogP contribution in [0.5, 0.6) is 0 Å². The van der Waals surface area contributed by atoms with Gasteiger partial charge < -0.3 is 5.32 Å². The first-order chi connectivity index (χ1) is 7.40. The van der Waals surface area contributed by atoms with Gasteiger partial charge in [-0.15, -0.1) is 12.4 Å². The molecule has 0 unspecified atom stereocenters. The monoisotopic (exact) mass is 277 g/mol. The van der Waals surface area contributed by atoms with E-state index in [1.165, 1.54) is 11.3 Å². The van der Waals surface area contributed by atoms with Crippen molar-refractivity contribution < 1.29 is 0 Å². The molecule has 5 heteroatoms. The summed E-state index contributed by atoms with van der Waals surface area (Å²) in [5, 5.41) is 10.7. The Morgan fingerprint density at radius 1 is 1.29 bits per heavy atom. The lowest BCUT2D eigenvalue weighted by Crippen LogP contribution is -2.20. The molecule has 1 aromatic rings. The Hall–Kier alpha value is -0.190. The summed E-state index contributed by atoms with van der Waals surface area (Å²) in [7, 11) is 0. The van der Waals surface area contributed by atoms with Crippen molar-refractivity contribution in [2.45, 2.75) is 45.9 Å². The molecule has 1 heterocycles. The van der Waals surface area contributed by atoms with Crippen LogP contribution in [0.4, 0.5) is 0 Å². The molecule has 0 saturated carbocycles. The fraction of sp³-hybridized carbons (Fsp3) is 0.750. The lowest BCUT2D eigenvalue weighted by atomic mass is 10.2. The molecule has 0 bridgehead atoms. The Morgan fingerprint density at radius 2 is 1.94 bits per heavy atom. The highest BCUT2D eigenvalue weighted by Crippen LogP contribution is 2.22. The summed E-state index contributed by atoms with van der Waals surface area (Å²) in [5.41, 5.74) is 3.59. The number of hydrogen-bond acceptors (Lipinski definition) is 3. The Balaban J connectivity index is 0.00000256. The number of halogens is 1. The largest absolute Gasteiger partial charge is 0.312 e. The van der Waals surface area contributed by atoms with Crippen molar-refractivity contribution in [1.29, 1.82) is 0 Å². The van der Waals surface area contributed by atoms with Gasteiger partial charge in [-0.1, -0.05) is 20.8 Å². The molecule has 17 heavy (non-hydrogen) atoms. The average Bonchev–Trinajstić information content (AvgIpc) is 2.46. The van der Waals surface area contributed by atoms with E-state index < -0.39 is 0 Å². The van der Waals surface area contributed by atoms with E-state index in [-0.39, 0.29) is 12.4 Å². The van der Waals surface area contributed by atoms with Gasteiger partial charge in [-0.25, -0.2) is 0 Å². The lowest BCUT2D eigenvalue weighted by Gasteiger charge is -2.17. The van der Waals surface area contributed by atoms with Crippen molar-refractivity contribution in [3.63, 3.8) is 0 Å². The number of nitrogens with zero attached hydrogens (tertiary/aromatic N) is 1. The molecule has 100 valence electrons. The fourth-order valence-electron chi connectivity index (χ4n) is 1.48. The predicted octanol–water partition coefficient (Wildman–Crippen LogP) is 3.07. The van der Waals surface area contributed by atoms with Crippen molar-refractivity contribution in [2.24, 2.45) is 0 Å². The average molecular weight is 278 g/mol. The van der Waals surface area contributed by atoms with E-state index in [0.717, 1.165) is 24.5 Å². The highest BCUT2D eigenvalue weighted by molar-refractivity contribution is 8.00. The molecule has 1 rings (SSSR count). The molecule has 0 spiro atoms. The molecule has 0 aliphatic carbocycles. The zero-order valence-corrected chi connectivity index (χ0v) is 13.0. The standard InChI is InChI=1S/C12H23N3S.ClH/c1-9-11(10(2)15-14-9)8-13-6-7-16-12(3,4)5;/h13H,6-8H2,1-5H3,(H,14,15);1H. The lowest BCUT2D eigenvalue weighted by molar-refractivity contribution is 0.720. The van der Waals surface area contributed by atoms with E-state index in [4.69, 9.17) is 0 Å². The highest BCUT2D eigenvalue weighted by atomic mass is 35.5. The molecule has 3 nitrogen and oxygen atoms in total. The first-order valence-corrected chi connectivity index (χ1v) is 6.74. The van der Waals surface area contributed by atoms with Gasteiger partial charge in [0.25, 0.3) is 0 Å². The molecule has 1 aromatic heterocycles. The molecule has 0 fully saturated rings. The summed E-state index contributed by atoms with van der Waals surface area (Å²) in [6.07, 6.45) is 0. The summed E-state index contributed by atoms with van der Waals surface area (Å²) < 4.78 is 0.364. The Labute approximate surface area is 115 Å². The molecule has 0 radical (unpaired) electrons. The molecule has 0 amide bonds. The van der Waals surface area contributed by atoms with Crippen molar-refractivity contribution in [1.82, 2.24) is 15.5 Å². The van der Waals surface area contributed by atoms with E-state index in [0.29, 0.717) is 4.75 Å². The van der Waals surface area contributed by atoms with E-state index in [1.54, 1.807) is 0 Å². The minimum Gasteiger partial charge on any atom is -0.312 e. The Kier molecular flexibility index (Phi) is 7.21. The van der Waals surface area contributed by atoms with Crippen LogP contribution in [-0.4, -0.2) is 27.2 Å². The van der Waals surface area contributed by atoms with Crippen LogP contribution in [-0.2, 0) is 6.54 Å². The Bertz CT molecular complexity index is 311. The molecule has 0 aliphatic rings. The van der Waals surface area contributed by atoms with Crippen molar-refractivity contribution >= 4 is 24.2 Å². The van der Waals surface area contributed by atoms with Gasteiger partial charge in [-0.05, 0) is 13.8 Å². The number of nitrogens with one attached hydrogen (secondary N) is 2. The van der Waals surface area contributed by atoms with E-state index in [1.807, 2.05) is 18.7 Å². The van der Waals surface area contributed by atoms with Crippen LogP contribution in [0, 0.1) is 13.8 Å². The third-order valence-corrected chi connectivity index (χ3v) is 3.67. The van der Waals surface area contributed by atoms with Crippen LogP contribution in [0.3, 0.4) is 0 Å². The topological polar surface area (TPSA) is 40.7 Å². The second-order valence-electron chi connectivity index (χ2n) is 5.05. The maximum atomic E-state index is 4.18. The molecule has 0 aliphatic heterocycles. The number of aromatic amines is 1. The first kappa shape index (κ1) is 16.8. The number of aromatic nitrogens is 2. The van der Waals surface area contributed by atoms with Gasteiger partial charge in [0.2, 0.25) is 0 Å². The number of thioether (sulfide) groups is 1. The predicted molar refractivity (Wildman–Crippen MR) is 79.2 cm³/mol. The summed E-state index contributed by atoms with van der Waals surface area (Å²) in [6.45, 7) is 12.8. The van der Waals surface area contributed by atoms with Gasteiger partial charge >= 0.3 is 0 Å². The van der Waals surface area contributed by atoms with Gasteiger partial charge in [-0.2, -0.15) is 16.9 Å². The minimum absolute atomic E-state index is 0. The van der Waals surface area contributed by atoms with Crippen LogP contribution in [0.1, 0.15) is 37.7 Å². The van der Waals surface area contributed by atoms with Gasteiger partial charge in [-0.3, -0.25) is 5.10 Å². The SMILES string of the molecule is Cc1n[nH]c(C)c1CNCCSC(C)(C)C.Cl. The maximum Gasteiger partial charge on any atom is 0.0638 e. The number of hydrogen-bond donors (Lipinski definition) is 2. The maximum absolute atomic E-state index is 4.18. The number of rotatable bonds is 5. The van der Waals surface area contributed by atoms with Crippen LogP contribution in [0.15, 0.2) is 0 Å². The van der Waals surface area contributed by atoms with Crippen molar-refractivity contribution in [2.75, 3.05) is 12.3 Å².